The van der Waals surface area contributed by atoms with E-state index in [-0.39, 0.29) is 25.4 Å². The highest BCUT2D eigenvalue weighted by atomic mass is 16.5. The zero-order valence-electron chi connectivity index (χ0n) is 13.2. The molecule has 6 nitrogen and oxygen atoms in total. The van der Waals surface area contributed by atoms with E-state index in [1.807, 2.05) is 54.6 Å². The second-order valence-electron chi connectivity index (χ2n) is 5.18. The van der Waals surface area contributed by atoms with Crippen LogP contribution in [0.5, 0.6) is 5.75 Å². The Morgan fingerprint density at radius 1 is 0.875 bits per heavy atom. The molecule has 0 radical (unpaired) electrons. The number of hydrogen-bond donors (Lipinski definition) is 3. The van der Waals surface area contributed by atoms with E-state index in [2.05, 4.69) is 10.6 Å². The van der Waals surface area contributed by atoms with Gasteiger partial charge in [0.1, 0.15) is 12.4 Å². The number of carbonyl (C=O) groups excluding carboxylic acids is 1. The number of amides is 2. The predicted octanol–water partition coefficient (Wildman–Crippen LogP) is 2.19. The van der Waals surface area contributed by atoms with Crippen LogP contribution < -0.4 is 15.4 Å². The third-order valence-corrected chi connectivity index (χ3v) is 3.26. The Morgan fingerprint density at radius 2 is 1.54 bits per heavy atom. The number of nitrogens with one attached hydrogen (secondary N) is 2. The number of hydrogen-bond acceptors (Lipinski definition) is 3. The van der Waals surface area contributed by atoms with E-state index in [9.17, 15) is 9.59 Å². The molecular formula is C18H20N2O4. The molecule has 0 saturated carbocycles. The van der Waals surface area contributed by atoms with E-state index in [4.69, 9.17) is 9.84 Å². The molecule has 6 heteroatoms. The van der Waals surface area contributed by atoms with Gasteiger partial charge in [0.15, 0.2) is 0 Å². The van der Waals surface area contributed by atoms with Crippen molar-refractivity contribution in [3.63, 3.8) is 0 Å². The molecule has 0 heterocycles. The summed E-state index contributed by atoms with van der Waals surface area (Å²) in [6.45, 7) is 0.952. The first kappa shape index (κ1) is 17.3. The van der Waals surface area contributed by atoms with Crippen LogP contribution >= 0.6 is 0 Å². The number of benzene rings is 2. The normalized spacial score (nSPS) is 10.0. The number of carbonyl (C=O) groups is 2. The summed E-state index contributed by atoms with van der Waals surface area (Å²) in [6.07, 6.45) is -0.859. The van der Waals surface area contributed by atoms with Gasteiger partial charge in [0, 0.05) is 13.1 Å². The first-order valence-electron chi connectivity index (χ1n) is 7.62. The van der Waals surface area contributed by atoms with Gasteiger partial charge in [-0.3, -0.25) is 4.79 Å². The van der Waals surface area contributed by atoms with Gasteiger partial charge in [-0.2, -0.15) is 0 Å². The fraction of sp³-hybridized carbons (Fsp3) is 0.222. The lowest BCUT2D eigenvalue weighted by Gasteiger charge is -2.08. The second kappa shape index (κ2) is 9.19. The maximum absolute atomic E-state index is 11.7. The van der Waals surface area contributed by atoms with E-state index in [1.54, 1.807) is 0 Å². The van der Waals surface area contributed by atoms with Crippen molar-refractivity contribution >= 4 is 12.0 Å². The van der Waals surface area contributed by atoms with Crippen LogP contribution in [0.4, 0.5) is 4.79 Å². The predicted molar refractivity (Wildman–Crippen MR) is 90.0 cm³/mol. The van der Waals surface area contributed by atoms with Crippen molar-refractivity contribution in [2.75, 3.05) is 13.1 Å². The van der Waals surface area contributed by atoms with Crippen LogP contribution in [0.15, 0.2) is 54.6 Å². The quantitative estimate of drug-likeness (QED) is 0.648. The maximum atomic E-state index is 11.7. The molecule has 2 aromatic carbocycles. The van der Waals surface area contributed by atoms with Crippen LogP contribution in [-0.4, -0.2) is 30.2 Å². The molecule has 0 saturated heterocycles. The average molecular weight is 328 g/mol. The van der Waals surface area contributed by atoms with Crippen LogP contribution in [0, 0.1) is 0 Å². The Kier molecular flexibility index (Phi) is 6.64. The minimum absolute atomic E-state index is 0.153. The molecule has 0 aliphatic rings. The van der Waals surface area contributed by atoms with Gasteiger partial charge in [-0.15, -0.1) is 0 Å². The summed E-state index contributed by atoms with van der Waals surface area (Å²) in [5, 5.41) is 13.3. The van der Waals surface area contributed by atoms with Crippen molar-refractivity contribution in [3.05, 3.63) is 65.7 Å². The Balaban J connectivity index is 1.73. The van der Waals surface area contributed by atoms with Crippen LogP contribution in [0.1, 0.15) is 11.1 Å². The Labute approximate surface area is 140 Å². The van der Waals surface area contributed by atoms with Crippen molar-refractivity contribution in [3.8, 4) is 5.75 Å². The van der Waals surface area contributed by atoms with Crippen molar-refractivity contribution < 1.29 is 19.4 Å². The smallest absolute Gasteiger partial charge is 0.404 e. The van der Waals surface area contributed by atoms with Crippen molar-refractivity contribution in [2.24, 2.45) is 0 Å². The van der Waals surface area contributed by atoms with Gasteiger partial charge in [-0.05, 0) is 23.3 Å². The topological polar surface area (TPSA) is 87.7 Å². The molecule has 126 valence electrons. The number of rotatable bonds is 8. The van der Waals surface area contributed by atoms with Crippen LogP contribution in [0.25, 0.3) is 0 Å². The zero-order chi connectivity index (χ0) is 17.2. The van der Waals surface area contributed by atoms with E-state index in [0.29, 0.717) is 6.61 Å². The monoisotopic (exact) mass is 328 g/mol. The molecule has 3 N–H and O–H groups in total. The van der Waals surface area contributed by atoms with Crippen LogP contribution in [-0.2, 0) is 17.8 Å². The molecule has 2 amide bonds. The summed E-state index contributed by atoms with van der Waals surface area (Å²) in [5.74, 6) is 0.591. The molecule has 0 atom stereocenters. The van der Waals surface area contributed by atoms with Crippen molar-refractivity contribution in [1.29, 1.82) is 0 Å². The molecule has 0 unspecified atom stereocenters. The number of ether oxygens (including phenoxy) is 1. The first-order valence-corrected chi connectivity index (χ1v) is 7.62. The fourth-order valence-electron chi connectivity index (χ4n) is 2.06. The zero-order valence-corrected chi connectivity index (χ0v) is 13.2. The molecule has 2 rings (SSSR count). The van der Waals surface area contributed by atoms with E-state index < -0.39 is 6.09 Å². The largest absolute Gasteiger partial charge is 0.489 e. The summed E-state index contributed by atoms with van der Waals surface area (Å²) in [4.78, 5) is 22.0. The lowest BCUT2D eigenvalue weighted by Crippen LogP contribution is -2.34. The molecule has 0 bridgehead atoms. The molecule has 0 aliphatic carbocycles. The molecule has 0 aliphatic heterocycles. The highest BCUT2D eigenvalue weighted by Gasteiger charge is 2.04. The van der Waals surface area contributed by atoms with Crippen molar-refractivity contribution in [1.82, 2.24) is 10.6 Å². The summed E-state index contributed by atoms with van der Waals surface area (Å²) in [5.41, 5.74) is 1.96. The van der Waals surface area contributed by atoms with Gasteiger partial charge in [0.2, 0.25) is 5.91 Å². The lowest BCUT2D eigenvalue weighted by atomic mass is 10.1. The molecule has 24 heavy (non-hydrogen) atoms. The highest BCUT2D eigenvalue weighted by molar-refractivity contribution is 5.78. The van der Waals surface area contributed by atoms with Gasteiger partial charge in [-0.1, -0.05) is 42.5 Å². The summed E-state index contributed by atoms with van der Waals surface area (Å²) >= 11 is 0. The Morgan fingerprint density at radius 3 is 2.21 bits per heavy atom. The molecule has 0 spiro atoms. The summed E-state index contributed by atoms with van der Waals surface area (Å²) in [6, 6.07) is 17.2. The van der Waals surface area contributed by atoms with E-state index in [1.165, 1.54) is 0 Å². The fourth-order valence-corrected chi connectivity index (χ4v) is 2.06. The van der Waals surface area contributed by atoms with Crippen LogP contribution in [0.2, 0.25) is 0 Å². The van der Waals surface area contributed by atoms with Gasteiger partial charge >= 0.3 is 6.09 Å². The summed E-state index contributed by atoms with van der Waals surface area (Å²) in [7, 11) is 0. The second-order valence-corrected chi connectivity index (χ2v) is 5.18. The maximum Gasteiger partial charge on any atom is 0.404 e. The SMILES string of the molecule is O=C(O)NCCNC(=O)Cc1ccc(OCc2ccccc2)cc1. The van der Waals surface area contributed by atoms with Crippen LogP contribution in [0.3, 0.4) is 0 Å². The Bertz CT molecular complexity index is 656. The van der Waals surface area contributed by atoms with E-state index in [0.717, 1.165) is 16.9 Å². The third-order valence-electron chi connectivity index (χ3n) is 3.26. The molecule has 2 aromatic rings. The van der Waals surface area contributed by atoms with Gasteiger partial charge < -0.3 is 20.5 Å². The minimum atomic E-state index is -1.10. The highest BCUT2D eigenvalue weighted by Crippen LogP contribution is 2.14. The van der Waals surface area contributed by atoms with E-state index >= 15 is 0 Å². The van der Waals surface area contributed by atoms with Crippen molar-refractivity contribution in [2.45, 2.75) is 13.0 Å². The number of carboxylic acid groups (broad SMARTS) is 1. The average Bonchev–Trinajstić information content (AvgIpc) is 2.59. The first-order chi connectivity index (χ1) is 11.6. The Hall–Kier alpha value is -3.02. The molecule has 0 aromatic heterocycles. The summed E-state index contributed by atoms with van der Waals surface area (Å²) < 4.78 is 5.69. The molecule has 0 fully saturated rings. The molecular weight excluding hydrogens is 308 g/mol. The van der Waals surface area contributed by atoms with Gasteiger partial charge in [-0.25, -0.2) is 4.79 Å². The van der Waals surface area contributed by atoms with Gasteiger partial charge in [0.25, 0.3) is 0 Å². The lowest BCUT2D eigenvalue weighted by molar-refractivity contribution is -0.120. The minimum Gasteiger partial charge on any atom is -0.489 e. The standard InChI is InChI=1S/C18H20N2O4/c21-17(19-10-11-20-18(22)23)12-14-6-8-16(9-7-14)24-13-15-4-2-1-3-5-15/h1-9,20H,10-13H2,(H,19,21)(H,22,23). The van der Waals surface area contributed by atoms with Gasteiger partial charge in [0.05, 0.1) is 6.42 Å². The third kappa shape index (κ3) is 6.39.